The lowest BCUT2D eigenvalue weighted by Crippen LogP contribution is -2.19. The zero-order valence-electron chi connectivity index (χ0n) is 23.7. The monoisotopic (exact) mass is 616 g/mol. The summed E-state index contributed by atoms with van der Waals surface area (Å²) in [6.07, 6.45) is 0. The van der Waals surface area contributed by atoms with Crippen molar-refractivity contribution in [2.75, 3.05) is 0 Å². The second-order valence-electron chi connectivity index (χ2n) is 10.0. The Balaban J connectivity index is 1.45. The number of carbonyl (C=O) groups is 3. The van der Waals surface area contributed by atoms with Crippen LogP contribution >= 0.6 is 0 Å². The lowest BCUT2D eigenvalue weighted by Gasteiger charge is -2.26. The van der Waals surface area contributed by atoms with Crippen molar-refractivity contribution in [3.8, 4) is 11.5 Å². The van der Waals surface area contributed by atoms with Crippen LogP contribution in [0.15, 0.2) is 84.9 Å². The minimum absolute atomic E-state index is 0.0413. The average molecular weight is 617 g/mol. The van der Waals surface area contributed by atoms with Gasteiger partial charge in [0, 0.05) is 17.5 Å². The molecule has 0 aromatic heterocycles. The normalized spacial score (nSPS) is 11.0. The van der Waals surface area contributed by atoms with E-state index in [0.717, 1.165) is 29.3 Å². The Hall–Kier alpha value is -6.15. The van der Waals surface area contributed by atoms with E-state index in [1.165, 1.54) is 30.3 Å². The van der Waals surface area contributed by atoms with Gasteiger partial charge in [0.25, 0.3) is 11.4 Å². The highest BCUT2D eigenvalue weighted by molar-refractivity contribution is 6.06. The topological polar surface area (TPSA) is 206 Å². The summed E-state index contributed by atoms with van der Waals surface area (Å²) in [7, 11) is 0. The number of nitrogens with zero attached hydrogens (tertiary/aromatic N) is 2. The fraction of sp³-hybridized carbons (Fsp3) is 0.129. The lowest BCUT2D eigenvalue weighted by atomic mass is 9.78. The molecule has 4 aromatic rings. The van der Waals surface area contributed by atoms with Gasteiger partial charge in [0.15, 0.2) is 11.3 Å². The van der Waals surface area contributed by atoms with Gasteiger partial charge in [0.05, 0.1) is 26.5 Å². The summed E-state index contributed by atoms with van der Waals surface area (Å²) in [5.74, 6) is -3.76. The molecule has 0 saturated carbocycles. The Bertz CT molecular complexity index is 1730. The van der Waals surface area contributed by atoms with Crippen molar-refractivity contribution in [1.82, 2.24) is 0 Å². The van der Waals surface area contributed by atoms with Crippen LogP contribution in [0.3, 0.4) is 0 Å². The third-order valence-corrected chi connectivity index (χ3v) is 6.97. The van der Waals surface area contributed by atoms with E-state index in [1.807, 2.05) is 13.8 Å². The molecule has 4 rings (SSSR count). The van der Waals surface area contributed by atoms with Gasteiger partial charge in [-0.25, -0.2) is 14.4 Å². The Morgan fingerprint density at radius 1 is 0.711 bits per heavy atom. The molecule has 0 bridgehead atoms. The van der Waals surface area contributed by atoms with E-state index in [2.05, 4.69) is 0 Å². The number of rotatable bonds is 12. The van der Waals surface area contributed by atoms with Crippen LogP contribution in [0.2, 0.25) is 0 Å². The molecule has 0 heterocycles. The number of nitro benzene ring substituents is 2. The summed E-state index contributed by atoms with van der Waals surface area (Å²) in [4.78, 5) is 67.4. The highest BCUT2D eigenvalue weighted by Gasteiger charge is 2.29. The van der Waals surface area contributed by atoms with Gasteiger partial charge in [-0.05, 0) is 47.5 Å². The Labute approximate surface area is 254 Å². The standard InChI is InChI=1S/C31H24N2O12/c1-31(2,18-9-13-20(14-10-18)44-30(38)27-23(29(36)37)6-4-8-26(27)33(41)42)19-11-15-21(16-12-19)45-43-17-24-22(28(34)35)5-3-7-25(24)32(39)40/h3-16H,17H2,1-2H3,(H,34,35)(H,36,37). The molecule has 0 aliphatic carbocycles. The van der Waals surface area contributed by atoms with Gasteiger partial charge in [-0.2, -0.15) is 4.89 Å². The predicted octanol–water partition coefficient (Wildman–Crippen LogP) is 5.96. The van der Waals surface area contributed by atoms with Crippen LogP contribution in [0, 0.1) is 20.2 Å². The van der Waals surface area contributed by atoms with Gasteiger partial charge in [-0.3, -0.25) is 20.2 Å². The third kappa shape index (κ3) is 6.92. The summed E-state index contributed by atoms with van der Waals surface area (Å²) in [5, 5.41) is 41.5. The molecule has 0 spiro atoms. The highest BCUT2D eigenvalue weighted by atomic mass is 17.2. The van der Waals surface area contributed by atoms with Crippen LogP contribution in [0.1, 0.15) is 61.6 Å². The second-order valence-corrected chi connectivity index (χ2v) is 10.0. The molecule has 2 N–H and O–H groups in total. The molecule has 0 unspecified atom stereocenters. The summed E-state index contributed by atoms with van der Waals surface area (Å²) in [6, 6.07) is 19.9. The summed E-state index contributed by atoms with van der Waals surface area (Å²) < 4.78 is 5.27. The third-order valence-electron chi connectivity index (χ3n) is 6.97. The van der Waals surface area contributed by atoms with Gasteiger partial charge < -0.3 is 19.8 Å². The molecule has 4 aromatic carbocycles. The van der Waals surface area contributed by atoms with Gasteiger partial charge in [-0.1, -0.05) is 50.2 Å². The van der Waals surface area contributed by atoms with Crippen LogP contribution < -0.4 is 9.62 Å². The van der Waals surface area contributed by atoms with Gasteiger partial charge >= 0.3 is 17.9 Å². The first kappa shape index (κ1) is 31.8. The minimum Gasteiger partial charge on any atom is -0.478 e. The van der Waals surface area contributed by atoms with E-state index < -0.39 is 62.3 Å². The maximum absolute atomic E-state index is 12.8. The van der Waals surface area contributed by atoms with Gasteiger partial charge in [-0.15, -0.1) is 0 Å². The molecule has 0 atom stereocenters. The number of carboxylic acid groups (broad SMARTS) is 2. The van der Waals surface area contributed by atoms with Crippen LogP contribution in [0.25, 0.3) is 0 Å². The van der Waals surface area contributed by atoms with Crippen molar-refractivity contribution in [2.24, 2.45) is 0 Å². The fourth-order valence-corrected chi connectivity index (χ4v) is 4.53. The molecule has 14 heteroatoms. The smallest absolute Gasteiger partial charge is 0.351 e. The van der Waals surface area contributed by atoms with Crippen molar-refractivity contribution in [3.63, 3.8) is 0 Å². The van der Waals surface area contributed by atoms with Crippen molar-refractivity contribution in [1.29, 1.82) is 0 Å². The van der Waals surface area contributed by atoms with E-state index in [0.29, 0.717) is 0 Å². The van der Waals surface area contributed by atoms with E-state index in [9.17, 15) is 44.8 Å². The molecule has 45 heavy (non-hydrogen) atoms. The summed E-state index contributed by atoms with van der Waals surface area (Å²) in [6.45, 7) is 3.36. The van der Waals surface area contributed by atoms with Crippen molar-refractivity contribution in [2.45, 2.75) is 25.9 Å². The van der Waals surface area contributed by atoms with Crippen LogP contribution in [-0.4, -0.2) is 38.0 Å². The number of carboxylic acids is 2. The SMILES string of the molecule is CC(C)(c1ccc(OOCc2c(C(=O)O)cccc2[N+](=O)[O-])cc1)c1ccc(OC(=O)c2c(C(=O)O)cccc2[N+](=O)[O-])cc1. The Morgan fingerprint density at radius 3 is 1.71 bits per heavy atom. The van der Waals surface area contributed by atoms with E-state index in [1.54, 1.807) is 36.4 Å². The molecule has 0 aliphatic rings. The van der Waals surface area contributed by atoms with Crippen LogP contribution in [-0.2, 0) is 16.9 Å². The lowest BCUT2D eigenvalue weighted by molar-refractivity contribution is -0.386. The molecule has 0 radical (unpaired) electrons. The average Bonchev–Trinajstić information content (AvgIpc) is 3.00. The first-order valence-electron chi connectivity index (χ1n) is 13.0. The second kappa shape index (κ2) is 13.0. The number of esters is 1. The quantitative estimate of drug-likeness (QED) is 0.0622. The Morgan fingerprint density at radius 2 is 1.20 bits per heavy atom. The number of ether oxygens (including phenoxy) is 1. The first-order chi connectivity index (χ1) is 21.3. The molecule has 0 aliphatic heterocycles. The zero-order chi connectivity index (χ0) is 32.9. The number of carbonyl (C=O) groups excluding carboxylic acids is 1. The molecular weight excluding hydrogens is 592 g/mol. The molecule has 230 valence electrons. The maximum Gasteiger partial charge on any atom is 0.351 e. The first-order valence-corrected chi connectivity index (χ1v) is 13.0. The highest BCUT2D eigenvalue weighted by Crippen LogP contribution is 2.34. The number of benzene rings is 4. The largest absolute Gasteiger partial charge is 0.478 e. The molecule has 0 fully saturated rings. The van der Waals surface area contributed by atoms with Gasteiger partial charge in [0.1, 0.15) is 12.4 Å². The number of hydrogen-bond donors (Lipinski definition) is 2. The van der Waals surface area contributed by atoms with Crippen molar-refractivity contribution >= 4 is 29.3 Å². The molecule has 14 nitrogen and oxygen atoms in total. The fourth-order valence-electron chi connectivity index (χ4n) is 4.53. The van der Waals surface area contributed by atoms with Gasteiger partial charge in [0.2, 0.25) is 0 Å². The van der Waals surface area contributed by atoms with Crippen molar-refractivity contribution < 1.29 is 49.0 Å². The summed E-state index contributed by atoms with van der Waals surface area (Å²) in [5.41, 5.74) is -1.73. The number of nitro groups is 2. The number of aromatic carboxylic acids is 2. The van der Waals surface area contributed by atoms with E-state index in [4.69, 9.17) is 14.5 Å². The molecule has 0 amide bonds. The van der Waals surface area contributed by atoms with Crippen LogP contribution in [0.5, 0.6) is 11.5 Å². The maximum atomic E-state index is 12.8. The van der Waals surface area contributed by atoms with E-state index >= 15 is 0 Å². The minimum atomic E-state index is -1.52. The van der Waals surface area contributed by atoms with Crippen molar-refractivity contribution in [3.05, 3.63) is 139 Å². The van der Waals surface area contributed by atoms with E-state index in [-0.39, 0.29) is 22.6 Å². The zero-order valence-corrected chi connectivity index (χ0v) is 23.7. The Kier molecular flexibility index (Phi) is 9.19. The molecule has 0 saturated heterocycles. The predicted molar refractivity (Wildman–Crippen MR) is 155 cm³/mol. The molecular formula is C31H24N2O12. The number of hydrogen-bond acceptors (Lipinski definition) is 10. The summed E-state index contributed by atoms with van der Waals surface area (Å²) >= 11 is 0. The van der Waals surface area contributed by atoms with Crippen LogP contribution in [0.4, 0.5) is 11.4 Å².